The van der Waals surface area contributed by atoms with Gasteiger partial charge in [0.2, 0.25) is 0 Å². The molecule has 0 aliphatic carbocycles. The van der Waals surface area contributed by atoms with E-state index >= 15 is 0 Å². The summed E-state index contributed by atoms with van der Waals surface area (Å²) < 4.78 is 2.30. The molecule has 0 unspecified atom stereocenters. The molecule has 3 heteroatoms. The summed E-state index contributed by atoms with van der Waals surface area (Å²) in [5.41, 5.74) is 4.69. The Morgan fingerprint density at radius 3 is 2.22 bits per heavy atom. The highest BCUT2D eigenvalue weighted by molar-refractivity contribution is 7.99. The van der Waals surface area contributed by atoms with Crippen LogP contribution in [-0.2, 0) is 6.54 Å². The first-order valence-electron chi connectivity index (χ1n) is 8.14. The number of thioether (sulfide) groups is 1. The van der Waals surface area contributed by atoms with Crippen molar-refractivity contribution in [3.8, 4) is 22.5 Å². The molecule has 23 heavy (non-hydrogen) atoms. The van der Waals surface area contributed by atoms with Crippen LogP contribution in [0.5, 0.6) is 0 Å². The predicted octanol–water partition coefficient (Wildman–Crippen LogP) is 5.36. The molecule has 0 fully saturated rings. The SMILES string of the molecule is CCSCCCn1cnc(-c2ccccc2)c1-c1ccccc1. The maximum atomic E-state index is 4.72. The predicted molar refractivity (Wildman–Crippen MR) is 101 cm³/mol. The largest absolute Gasteiger partial charge is 0.330 e. The molecule has 0 aliphatic rings. The molecule has 0 atom stereocenters. The third-order valence-electron chi connectivity index (χ3n) is 3.82. The zero-order valence-corrected chi connectivity index (χ0v) is 14.3. The van der Waals surface area contributed by atoms with E-state index in [2.05, 4.69) is 66.1 Å². The van der Waals surface area contributed by atoms with E-state index in [9.17, 15) is 0 Å². The lowest BCUT2D eigenvalue weighted by atomic mass is 10.0. The third kappa shape index (κ3) is 3.85. The molecule has 2 nitrogen and oxygen atoms in total. The van der Waals surface area contributed by atoms with E-state index < -0.39 is 0 Å². The summed E-state index contributed by atoms with van der Waals surface area (Å²) in [6, 6.07) is 21.0. The van der Waals surface area contributed by atoms with Crippen molar-refractivity contribution < 1.29 is 0 Å². The molecule has 3 aromatic rings. The molecular formula is C20H22N2S. The van der Waals surface area contributed by atoms with Gasteiger partial charge in [0.1, 0.15) is 0 Å². The van der Waals surface area contributed by atoms with Crippen molar-refractivity contribution in [2.75, 3.05) is 11.5 Å². The van der Waals surface area contributed by atoms with Crippen molar-refractivity contribution in [3.05, 3.63) is 67.0 Å². The first-order valence-corrected chi connectivity index (χ1v) is 9.29. The summed E-state index contributed by atoms with van der Waals surface area (Å²) in [6.07, 6.45) is 3.16. The smallest absolute Gasteiger partial charge is 0.0963 e. The molecular weight excluding hydrogens is 300 g/mol. The van der Waals surface area contributed by atoms with Gasteiger partial charge in [-0.2, -0.15) is 11.8 Å². The van der Waals surface area contributed by atoms with E-state index in [1.165, 1.54) is 34.7 Å². The van der Waals surface area contributed by atoms with Gasteiger partial charge in [-0.25, -0.2) is 4.98 Å². The average Bonchev–Trinajstić information content (AvgIpc) is 3.04. The minimum Gasteiger partial charge on any atom is -0.330 e. The van der Waals surface area contributed by atoms with Gasteiger partial charge in [-0.05, 0) is 17.9 Å². The molecule has 0 spiro atoms. The number of aryl methyl sites for hydroxylation is 1. The zero-order chi connectivity index (χ0) is 15.9. The van der Waals surface area contributed by atoms with E-state index in [-0.39, 0.29) is 0 Å². The summed E-state index contributed by atoms with van der Waals surface area (Å²) in [4.78, 5) is 4.72. The second-order valence-electron chi connectivity index (χ2n) is 5.42. The maximum Gasteiger partial charge on any atom is 0.0963 e. The van der Waals surface area contributed by atoms with Gasteiger partial charge in [0, 0.05) is 17.7 Å². The van der Waals surface area contributed by atoms with Crippen molar-refractivity contribution in [3.63, 3.8) is 0 Å². The lowest BCUT2D eigenvalue weighted by molar-refractivity contribution is 0.689. The fraction of sp³-hybridized carbons (Fsp3) is 0.250. The number of hydrogen-bond acceptors (Lipinski definition) is 2. The molecule has 0 aliphatic heterocycles. The number of benzene rings is 2. The quantitative estimate of drug-likeness (QED) is 0.545. The van der Waals surface area contributed by atoms with Gasteiger partial charge in [0.25, 0.3) is 0 Å². The Morgan fingerprint density at radius 2 is 1.57 bits per heavy atom. The molecule has 0 saturated carbocycles. The Labute approximate surface area is 142 Å². The van der Waals surface area contributed by atoms with Gasteiger partial charge >= 0.3 is 0 Å². The normalized spacial score (nSPS) is 10.8. The topological polar surface area (TPSA) is 17.8 Å². The van der Waals surface area contributed by atoms with E-state index in [4.69, 9.17) is 4.98 Å². The highest BCUT2D eigenvalue weighted by Crippen LogP contribution is 2.31. The molecule has 1 aromatic heterocycles. The average molecular weight is 322 g/mol. The summed E-state index contributed by atoms with van der Waals surface area (Å²) in [6.45, 7) is 3.22. The molecule has 0 amide bonds. The minimum atomic E-state index is 1.01. The Hall–Kier alpha value is -2.00. The Balaban J connectivity index is 1.96. The number of hydrogen-bond donors (Lipinski definition) is 0. The van der Waals surface area contributed by atoms with Gasteiger partial charge < -0.3 is 4.57 Å². The van der Waals surface area contributed by atoms with Crippen molar-refractivity contribution in [1.82, 2.24) is 9.55 Å². The van der Waals surface area contributed by atoms with E-state index in [1.54, 1.807) is 0 Å². The van der Waals surface area contributed by atoms with Crippen LogP contribution in [-0.4, -0.2) is 21.1 Å². The fourth-order valence-corrected chi connectivity index (χ4v) is 3.36. The van der Waals surface area contributed by atoms with Crippen LogP contribution in [0.3, 0.4) is 0 Å². The molecule has 0 saturated heterocycles. The van der Waals surface area contributed by atoms with E-state index in [0.717, 1.165) is 12.2 Å². The second kappa shape index (κ2) is 8.02. The highest BCUT2D eigenvalue weighted by Gasteiger charge is 2.14. The molecule has 2 aromatic carbocycles. The highest BCUT2D eigenvalue weighted by atomic mass is 32.2. The van der Waals surface area contributed by atoms with Gasteiger partial charge in [-0.1, -0.05) is 67.6 Å². The van der Waals surface area contributed by atoms with Gasteiger partial charge in [-0.3, -0.25) is 0 Å². The van der Waals surface area contributed by atoms with Crippen LogP contribution in [0, 0.1) is 0 Å². The van der Waals surface area contributed by atoms with Crippen molar-refractivity contribution in [2.24, 2.45) is 0 Å². The van der Waals surface area contributed by atoms with E-state index in [0.29, 0.717) is 0 Å². The molecule has 1 heterocycles. The first kappa shape index (κ1) is 15.9. The van der Waals surface area contributed by atoms with Gasteiger partial charge in [0.15, 0.2) is 0 Å². The minimum absolute atomic E-state index is 1.01. The molecule has 0 N–H and O–H groups in total. The summed E-state index contributed by atoms with van der Waals surface area (Å²) in [5.74, 6) is 2.38. The molecule has 3 rings (SSSR count). The lowest BCUT2D eigenvalue weighted by Crippen LogP contribution is -2.00. The van der Waals surface area contributed by atoms with Crippen LogP contribution in [0.15, 0.2) is 67.0 Å². The monoisotopic (exact) mass is 322 g/mol. The van der Waals surface area contributed by atoms with Crippen LogP contribution in [0.1, 0.15) is 13.3 Å². The van der Waals surface area contributed by atoms with Crippen LogP contribution in [0.25, 0.3) is 22.5 Å². The standard InChI is InChI=1S/C20H22N2S/c1-2-23-15-9-14-22-16-21-19(17-10-5-3-6-11-17)20(22)18-12-7-4-8-13-18/h3-8,10-13,16H,2,9,14-15H2,1H3. The molecule has 0 bridgehead atoms. The van der Waals surface area contributed by atoms with Crippen LogP contribution >= 0.6 is 11.8 Å². The van der Waals surface area contributed by atoms with Gasteiger partial charge in [-0.15, -0.1) is 0 Å². The second-order valence-corrected chi connectivity index (χ2v) is 6.81. The van der Waals surface area contributed by atoms with Gasteiger partial charge in [0.05, 0.1) is 17.7 Å². The van der Waals surface area contributed by atoms with Crippen molar-refractivity contribution in [2.45, 2.75) is 19.9 Å². The summed E-state index contributed by atoms with van der Waals surface area (Å²) in [7, 11) is 0. The Kier molecular flexibility index (Phi) is 5.54. The number of rotatable bonds is 7. The van der Waals surface area contributed by atoms with E-state index in [1.807, 2.05) is 24.2 Å². The van der Waals surface area contributed by atoms with Crippen molar-refractivity contribution >= 4 is 11.8 Å². The molecule has 0 radical (unpaired) electrons. The zero-order valence-electron chi connectivity index (χ0n) is 13.5. The lowest BCUT2D eigenvalue weighted by Gasteiger charge is -2.10. The van der Waals surface area contributed by atoms with Crippen molar-refractivity contribution in [1.29, 1.82) is 0 Å². The third-order valence-corrected chi connectivity index (χ3v) is 4.81. The first-order chi connectivity index (χ1) is 11.4. The summed E-state index contributed by atoms with van der Waals surface area (Å²) >= 11 is 2.00. The summed E-state index contributed by atoms with van der Waals surface area (Å²) in [5, 5.41) is 0. The van der Waals surface area contributed by atoms with Crippen LogP contribution in [0.4, 0.5) is 0 Å². The Bertz CT molecular complexity index is 720. The number of imidazole rings is 1. The maximum absolute atomic E-state index is 4.72. The Morgan fingerprint density at radius 1 is 0.913 bits per heavy atom. The number of aromatic nitrogens is 2. The van der Waals surface area contributed by atoms with Crippen LogP contribution in [0.2, 0.25) is 0 Å². The van der Waals surface area contributed by atoms with Crippen LogP contribution < -0.4 is 0 Å². The number of nitrogens with zero attached hydrogens (tertiary/aromatic N) is 2. The fourth-order valence-electron chi connectivity index (χ4n) is 2.74. The molecule has 118 valence electrons.